The molecule has 27 heavy (non-hydrogen) atoms. The van der Waals surface area contributed by atoms with Crippen molar-refractivity contribution >= 4 is 17.4 Å². The van der Waals surface area contributed by atoms with E-state index in [0.717, 1.165) is 67.8 Å². The molecule has 0 aromatic carbocycles. The summed E-state index contributed by atoms with van der Waals surface area (Å²) in [7, 11) is 0. The normalized spacial score (nSPS) is 33.1. The molecule has 2 aliphatic carbocycles. The number of aliphatic carboxylic acids is 1. The summed E-state index contributed by atoms with van der Waals surface area (Å²) in [6.07, 6.45) is 12.6. The Morgan fingerprint density at radius 2 is 2.07 bits per heavy atom. The Balaban J connectivity index is 1.57. The smallest absolute Gasteiger partial charge is 0.309 e. The third-order valence-electron chi connectivity index (χ3n) is 6.82. The van der Waals surface area contributed by atoms with Gasteiger partial charge in [0.25, 0.3) is 0 Å². The second kappa shape index (κ2) is 7.45. The summed E-state index contributed by atoms with van der Waals surface area (Å²) in [5.41, 5.74) is 3.35. The fourth-order valence-electron chi connectivity index (χ4n) is 4.56. The number of carboxylic acids is 1. The highest BCUT2D eigenvalue weighted by atomic mass is 16.4. The van der Waals surface area contributed by atoms with Crippen molar-refractivity contribution in [3.05, 3.63) is 36.2 Å². The lowest BCUT2D eigenvalue weighted by atomic mass is 9.60. The Morgan fingerprint density at radius 3 is 2.56 bits per heavy atom. The summed E-state index contributed by atoms with van der Waals surface area (Å²) in [4.78, 5) is 11.7. The number of rotatable bonds is 6. The van der Waals surface area contributed by atoms with E-state index < -0.39 is 11.4 Å². The summed E-state index contributed by atoms with van der Waals surface area (Å²) in [5, 5.41) is 21.2. The molecule has 0 spiro atoms. The SMILES string of the molecule is C=C(NC1=CCC(C)(C2CCC(CC)(C(=O)O)CC2)C=C1)C1=NN=C(C)C1. The maximum Gasteiger partial charge on any atom is 0.309 e. The first-order chi connectivity index (χ1) is 12.8. The highest BCUT2D eigenvalue weighted by Crippen LogP contribution is 2.50. The van der Waals surface area contributed by atoms with Gasteiger partial charge in [-0.2, -0.15) is 10.2 Å². The van der Waals surface area contributed by atoms with E-state index in [2.05, 4.69) is 47.3 Å². The fourth-order valence-corrected chi connectivity index (χ4v) is 4.56. The van der Waals surface area contributed by atoms with Gasteiger partial charge in [0.2, 0.25) is 0 Å². The van der Waals surface area contributed by atoms with Gasteiger partial charge in [-0.05, 0) is 62.9 Å². The lowest BCUT2D eigenvalue weighted by Crippen LogP contribution is -2.39. The Kier molecular flexibility index (Phi) is 5.41. The van der Waals surface area contributed by atoms with Gasteiger partial charge < -0.3 is 10.4 Å². The van der Waals surface area contributed by atoms with Crippen molar-refractivity contribution < 1.29 is 9.90 Å². The summed E-state index contributed by atoms with van der Waals surface area (Å²) in [5.74, 6) is -0.0873. The first-order valence-corrected chi connectivity index (χ1v) is 9.97. The van der Waals surface area contributed by atoms with Crippen molar-refractivity contribution in [2.45, 2.75) is 65.7 Å². The molecule has 5 heteroatoms. The van der Waals surface area contributed by atoms with Crippen LogP contribution in [0.1, 0.15) is 65.7 Å². The second-order valence-corrected chi connectivity index (χ2v) is 8.58. The van der Waals surface area contributed by atoms with Gasteiger partial charge in [0.15, 0.2) is 0 Å². The number of hydrogen-bond acceptors (Lipinski definition) is 4. The summed E-state index contributed by atoms with van der Waals surface area (Å²) in [6, 6.07) is 0. The van der Waals surface area contributed by atoms with Crippen molar-refractivity contribution in [2.75, 3.05) is 0 Å². The van der Waals surface area contributed by atoms with E-state index in [-0.39, 0.29) is 5.41 Å². The predicted octanol–water partition coefficient (Wildman–Crippen LogP) is 4.83. The van der Waals surface area contributed by atoms with Crippen LogP contribution in [-0.2, 0) is 4.79 Å². The van der Waals surface area contributed by atoms with Crippen molar-refractivity contribution in [3.63, 3.8) is 0 Å². The number of allylic oxidation sites excluding steroid dienone is 4. The second-order valence-electron chi connectivity index (χ2n) is 8.58. The zero-order valence-electron chi connectivity index (χ0n) is 16.7. The first kappa shape index (κ1) is 19.6. The molecular weight excluding hydrogens is 338 g/mol. The molecule has 0 amide bonds. The first-order valence-electron chi connectivity index (χ1n) is 9.97. The molecule has 1 fully saturated rings. The third-order valence-corrected chi connectivity index (χ3v) is 6.82. The number of carbonyl (C=O) groups is 1. The molecule has 0 saturated heterocycles. The molecule has 1 saturated carbocycles. The monoisotopic (exact) mass is 369 g/mol. The Hall–Kier alpha value is -2.17. The van der Waals surface area contributed by atoms with Gasteiger partial charge >= 0.3 is 5.97 Å². The molecule has 1 atom stereocenters. The van der Waals surface area contributed by atoms with Gasteiger partial charge in [-0.15, -0.1) is 0 Å². The largest absolute Gasteiger partial charge is 0.481 e. The van der Waals surface area contributed by atoms with E-state index in [1.807, 2.05) is 13.8 Å². The van der Waals surface area contributed by atoms with E-state index in [0.29, 0.717) is 5.92 Å². The van der Waals surface area contributed by atoms with Crippen LogP contribution in [-0.4, -0.2) is 22.5 Å². The molecule has 0 bridgehead atoms. The lowest BCUT2D eigenvalue weighted by molar-refractivity contribution is -0.152. The molecule has 1 heterocycles. The zero-order chi connectivity index (χ0) is 19.7. The minimum atomic E-state index is -0.619. The van der Waals surface area contributed by atoms with Gasteiger partial charge in [0.1, 0.15) is 0 Å². The van der Waals surface area contributed by atoms with Crippen LogP contribution in [0.4, 0.5) is 0 Å². The Morgan fingerprint density at radius 1 is 1.37 bits per heavy atom. The average Bonchev–Trinajstić information content (AvgIpc) is 3.10. The van der Waals surface area contributed by atoms with Gasteiger partial charge in [0, 0.05) is 17.8 Å². The Bertz CT molecular complexity index is 752. The van der Waals surface area contributed by atoms with Crippen molar-refractivity contribution in [2.24, 2.45) is 27.0 Å². The van der Waals surface area contributed by atoms with E-state index in [1.165, 1.54) is 0 Å². The van der Waals surface area contributed by atoms with Gasteiger partial charge in [-0.1, -0.05) is 32.6 Å². The van der Waals surface area contributed by atoms with Gasteiger partial charge in [-0.3, -0.25) is 4.79 Å². The molecule has 0 radical (unpaired) electrons. The number of nitrogens with zero attached hydrogens (tertiary/aromatic N) is 2. The van der Waals surface area contributed by atoms with Crippen molar-refractivity contribution in [1.82, 2.24) is 5.32 Å². The fraction of sp³-hybridized carbons (Fsp3) is 0.591. The molecule has 3 aliphatic rings. The number of carboxylic acid groups (broad SMARTS) is 1. The summed E-state index contributed by atoms with van der Waals surface area (Å²) in [6.45, 7) is 10.4. The summed E-state index contributed by atoms with van der Waals surface area (Å²) < 4.78 is 0. The summed E-state index contributed by atoms with van der Waals surface area (Å²) >= 11 is 0. The minimum absolute atomic E-state index is 0.0928. The van der Waals surface area contributed by atoms with Crippen LogP contribution in [0.25, 0.3) is 0 Å². The lowest BCUT2D eigenvalue weighted by Gasteiger charge is -2.44. The molecule has 0 aromatic rings. The van der Waals surface area contributed by atoms with Crippen LogP contribution >= 0.6 is 0 Å². The maximum absolute atomic E-state index is 11.7. The molecule has 2 N–H and O–H groups in total. The van der Waals surface area contributed by atoms with E-state index >= 15 is 0 Å². The van der Waals surface area contributed by atoms with E-state index in [4.69, 9.17) is 0 Å². The van der Waals surface area contributed by atoms with Crippen LogP contribution in [0, 0.1) is 16.7 Å². The van der Waals surface area contributed by atoms with Gasteiger partial charge in [-0.25, -0.2) is 0 Å². The molecular formula is C22H31N3O2. The van der Waals surface area contributed by atoms with E-state index in [1.54, 1.807) is 0 Å². The number of nitrogens with one attached hydrogen (secondary N) is 1. The highest BCUT2D eigenvalue weighted by molar-refractivity contribution is 6.13. The molecule has 1 aliphatic heterocycles. The highest BCUT2D eigenvalue weighted by Gasteiger charge is 2.44. The van der Waals surface area contributed by atoms with Crippen molar-refractivity contribution in [3.8, 4) is 0 Å². The zero-order valence-corrected chi connectivity index (χ0v) is 16.7. The van der Waals surface area contributed by atoms with E-state index in [9.17, 15) is 9.90 Å². The average molecular weight is 370 g/mol. The van der Waals surface area contributed by atoms with Crippen LogP contribution in [0.3, 0.4) is 0 Å². The predicted molar refractivity (Wildman–Crippen MR) is 110 cm³/mol. The van der Waals surface area contributed by atoms with Crippen LogP contribution in [0.15, 0.2) is 46.4 Å². The van der Waals surface area contributed by atoms with Crippen LogP contribution in [0.5, 0.6) is 0 Å². The quantitative estimate of drug-likeness (QED) is 0.704. The molecule has 1 unspecified atom stereocenters. The van der Waals surface area contributed by atoms with Gasteiger partial charge in [0.05, 0.1) is 16.8 Å². The topological polar surface area (TPSA) is 74.0 Å². The molecule has 146 valence electrons. The Labute approximate surface area is 162 Å². The number of hydrogen-bond donors (Lipinski definition) is 2. The van der Waals surface area contributed by atoms with Crippen molar-refractivity contribution in [1.29, 1.82) is 0 Å². The maximum atomic E-state index is 11.7. The molecule has 0 aromatic heterocycles. The van der Waals surface area contributed by atoms with Crippen LogP contribution < -0.4 is 5.32 Å². The molecule has 5 nitrogen and oxygen atoms in total. The van der Waals surface area contributed by atoms with Crippen LogP contribution in [0.2, 0.25) is 0 Å². The standard InChI is InChI=1S/C22H31N3O2/c1-5-22(20(26)27)12-6-17(7-13-22)21(4)10-8-18(9-11-21)23-16(3)19-14-15(2)24-25-19/h8-10,17,23H,3,5-7,11-14H2,1-2,4H3,(H,26,27). The minimum Gasteiger partial charge on any atom is -0.481 e. The molecule has 3 rings (SSSR count). The third kappa shape index (κ3) is 3.92.